The van der Waals surface area contributed by atoms with Gasteiger partial charge in [0.2, 0.25) is 10.0 Å². The molecule has 0 fully saturated rings. The molecule has 7 heteroatoms. The summed E-state index contributed by atoms with van der Waals surface area (Å²) >= 11 is 0. The van der Waals surface area contributed by atoms with Crippen LogP contribution in [0.2, 0.25) is 0 Å². The predicted octanol–water partition coefficient (Wildman–Crippen LogP) is 2.64. The summed E-state index contributed by atoms with van der Waals surface area (Å²) in [6, 6.07) is 6.53. The molecule has 0 saturated carbocycles. The second kappa shape index (κ2) is 6.34. The summed E-state index contributed by atoms with van der Waals surface area (Å²) in [5.74, 6) is 0. The monoisotopic (exact) mass is 314 g/mol. The number of amides is 1. The van der Waals surface area contributed by atoms with Crippen molar-refractivity contribution in [2.24, 2.45) is 0 Å². The number of benzene rings is 1. The topological polar surface area (TPSA) is 84.5 Å². The van der Waals surface area contributed by atoms with E-state index in [1.54, 1.807) is 45.0 Å². The van der Waals surface area contributed by atoms with Crippen LogP contribution in [0, 0.1) is 0 Å². The summed E-state index contributed by atoms with van der Waals surface area (Å²) in [4.78, 5) is 11.7. The fourth-order valence-electron chi connectivity index (χ4n) is 1.62. The molecule has 0 bridgehead atoms. The van der Waals surface area contributed by atoms with Gasteiger partial charge in [0, 0.05) is 5.69 Å². The maximum absolute atomic E-state index is 11.7. The molecule has 1 rings (SSSR count). The van der Waals surface area contributed by atoms with Crippen LogP contribution in [0.1, 0.15) is 39.3 Å². The van der Waals surface area contributed by atoms with Crippen LogP contribution in [0.25, 0.3) is 0 Å². The fraction of sp³-hybridized carbons (Fsp3) is 0.500. The SMILES string of the molecule is CC(NC(=O)OC(C)(C)C)c1ccc(NS(C)(=O)=O)cc1. The van der Waals surface area contributed by atoms with Crippen LogP contribution >= 0.6 is 0 Å². The number of ether oxygens (including phenoxy) is 1. The zero-order valence-electron chi connectivity index (χ0n) is 12.9. The van der Waals surface area contributed by atoms with E-state index in [0.717, 1.165) is 11.8 Å². The number of carbonyl (C=O) groups is 1. The van der Waals surface area contributed by atoms with Crippen molar-refractivity contribution in [2.75, 3.05) is 11.0 Å². The molecule has 1 amide bonds. The predicted molar refractivity (Wildman–Crippen MR) is 82.7 cm³/mol. The van der Waals surface area contributed by atoms with Gasteiger partial charge in [0.05, 0.1) is 12.3 Å². The molecule has 0 aliphatic rings. The Labute approximate surface area is 125 Å². The van der Waals surface area contributed by atoms with Crippen molar-refractivity contribution in [3.05, 3.63) is 29.8 Å². The van der Waals surface area contributed by atoms with Crippen molar-refractivity contribution < 1.29 is 17.9 Å². The van der Waals surface area contributed by atoms with Gasteiger partial charge < -0.3 is 10.1 Å². The first kappa shape index (κ1) is 17.3. The lowest BCUT2D eigenvalue weighted by molar-refractivity contribution is 0.0508. The van der Waals surface area contributed by atoms with Crippen LogP contribution in [-0.2, 0) is 14.8 Å². The van der Waals surface area contributed by atoms with Gasteiger partial charge >= 0.3 is 6.09 Å². The third kappa shape index (κ3) is 6.99. The number of sulfonamides is 1. The molecule has 1 atom stereocenters. The number of anilines is 1. The Morgan fingerprint density at radius 1 is 1.19 bits per heavy atom. The summed E-state index contributed by atoms with van der Waals surface area (Å²) < 4.78 is 29.8. The zero-order chi connectivity index (χ0) is 16.3. The first-order valence-electron chi connectivity index (χ1n) is 6.53. The molecule has 1 unspecified atom stereocenters. The summed E-state index contributed by atoms with van der Waals surface area (Å²) in [5, 5.41) is 2.72. The van der Waals surface area contributed by atoms with E-state index >= 15 is 0 Å². The molecule has 0 aromatic heterocycles. The lowest BCUT2D eigenvalue weighted by Gasteiger charge is -2.22. The number of hydrogen-bond acceptors (Lipinski definition) is 4. The Balaban J connectivity index is 2.67. The van der Waals surface area contributed by atoms with E-state index in [1.807, 2.05) is 6.92 Å². The van der Waals surface area contributed by atoms with E-state index in [1.165, 1.54) is 0 Å². The normalized spacial score (nSPS) is 13.4. The van der Waals surface area contributed by atoms with Gasteiger partial charge in [-0.2, -0.15) is 0 Å². The lowest BCUT2D eigenvalue weighted by Crippen LogP contribution is -2.34. The van der Waals surface area contributed by atoms with Gasteiger partial charge in [0.15, 0.2) is 0 Å². The van der Waals surface area contributed by atoms with E-state index in [-0.39, 0.29) is 6.04 Å². The van der Waals surface area contributed by atoms with Crippen molar-refractivity contribution in [2.45, 2.75) is 39.3 Å². The van der Waals surface area contributed by atoms with E-state index in [9.17, 15) is 13.2 Å². The first-order chi connectivity index (χ1) is 9.46. The molecule has 0 radical (unpaired) electrons. The molecule has 2 N–H and O–H groups in total. The first-order valence-corrected chi connectivity index (χ1v) is 8.43. The Morgan fingerprint density at radius 3 is 2.14 bits per heavy atom. The molecular weight excluding hydrogens is 292 g/mol. The van der Waals surface area contributed by atoms with Gasteiger partial charge in [0.25, 0.3) is 0 Å². The molecule has 0 spiro atoms. The van der Waals surface area contributed by atoms with Crippen molar-refractivity contribution in [3.63, 3.8) is 0 Å². The van der Waals surface area contributed by atoms with Gasteiger partial charge in [-0.15, -0.1) is 0 Å². The molecule has 1 aromatic carbocycles. The minimum absolute atomic E-state index is 0.243. The molecule has 6 nitrogen and oxygen atoms in total. The van der Waals surface area contributed by atoms with Gasteiger partial charge in [0.1, 0.15) is 5.60 Å². The molecule has 0 heterocycles. The molecule has 0 saturated heterocycles. The highest BCUT2D eigenvalue weighted by molar-refractivity contribution is 7.92. The van der Waals surface area contributed by atoms with Crippen LogP contribution in [0.3, 0.4) is 0 Å². The second-order valence-electron chi connectivity index (χ2n) is 5.86. The van der Waals surface area contributed by atoms with Gasteiger partial charge in [-0.3, -0.25) is 4.72 Å². The van der Waals surface area contributed by atoms with E-state index in [4.69, 9.17) is 4.74 Å². The van der Waals surface area contributed by atoms with Crippen LogP contribution < -0.4 is 10.0 Å². The van der Waals surface area contributed by atoms with Gasteiger partial charge in [-0.05, 0) is 45.4 Å². The van der Waals surface area contributed by atoms with Crippen molar-refractivity contribution in [1.29, 1.82) is 0 Å². The van der Waals surface area contributed by atoms with Gasteiger partial charge in [-0.1, -0.05) is 12.1 Å². The van der Waals surface area contributed by atoms with E-state index in [0.29, 0.717) is 5.69 Å². The van der Waals surface area contributed by atoms with Crippen LogP contribution in [0.5, 0.6) is 0 Å². The lowest BCUT2D eigenvalue weighted by atomic mass is 10.1. The van der Waals surface area contributed by atoms with Crippen LogP contribution in [0.15, 0.2) is 24.3 Å². The quantitative estimate of drug-likeness (QED) is 0.894. The summed E-state index contributed by atoms with van der Waals surface area (Å²) in [7, 11) is -3.29. The van der Waals surface area contributed by atoms with Crippen molar-refractivity contribution >= 4 is 21.8 Å². The minimum Gasteiger partial charge on any atom is -0.444 e. The molecule has 118 valence electrons. The van der Waals surface area contributed by atoms with Crippen molar-refractivity contribution in [1.82, 2.24) is 5.32 Å². The Kier molecular flexibility index (Phi) is 5.22. The molecule has 0 aliphatic carbocycles. The standard InChI is InChI=1S/C14H22N2O4S/c1-10(15-13(17)20-14(2,3)4)11-6-8-12(9-7-11)16-21(5,18)19/h6-10,16H,1-5H3,(H,15,17). The summed E-state index contributed by atoms with van der Waals surface area (Å²) in [6.45, 7) is 7.21. The number of alkyl carbamates (subject to hydrolysis) is 1. The fourth-order valence-corrected chi connectivity index (χ4v) is 2.19. The molecule has 1 aromatic rings. The maximum atomic E-state index is 11.7. The number of rotatable bonds is 4. The third-order valence-corrected chi connectivity index (χ3v) is 3.05. The van der Waals surface area contributed by atoms with Crippen LogP contribution in [0.4, 0.5) is 10.5 Å². The average Bonchev–Trinajstić information content (AvgIpc) is 2.24. The second-order valence-corrected chi connectivity index (χ2v) is 7.61. The van der Waals surface area contributed by atoms with E-state index in [2.05, 4.69) is 10.0 Å². The Bertz CT molecular complexity index is 588. The van der Waals surface area contributed by atoms with Gasteiger partial charge in [-0.25, -0.2) is 13.2 Å². The highest BCUT2D eigenvalue weighted by atomic mass is 32.2. The number of hydrogen-bond donors (Lipinski definition) is 2. The number of nitrogens with one attached hydrogen (secondary N) is 2. The van der Waals surface area contributed by atoms with Crippen molar-refractivity contribution in [3.8, 4) is 0 Å². The smallest absolute Gasteiger partial charge is 0.408 e. The minimum atomic E-state index is -3.29. The molecule has 0 aliphatic heterocycles. The Morgan fingerprint density at radius 2 is 1.71 bits per heavy atom. The summed E-state index contributed by atoms with van der Waals surface area (Å²) in [5.41, 5.74) is 0.776. The Hall–Kier alpha value is -1.76. The summed E-state index contributed by atoms with van der Waals surface area (Å²) in [6.07, 6.45) is 0.599. The molecule has 21 heavy (non-hydrogen) atoms. The molecular formula is C14H22N2O4S. The third-order valence-electron chi connectivity index (χ3n) is 2.45. The van der Waals surface area contributed by atoms with Crippen LogP contribution in [-0.4, -0.2) is 26.4 Å². The highest BCUT2D eigenvalue weighted by Gasteiger charge is 2.18. The average molecular weight is 314 g/mol. The van der Waals surface area contributed by atoms with E-state index < -0.39 is 21.7 Å². The largest absolute Gasteiger partial charge is 0.444 e. The zero-order valence-corrected chi connectivity index (χ0v) is 13.7. The maximum Gasteiger partial charge on any atom is 0.408 e. The highest BCUT2D eigenvalue weighted by Crippen LogP contribution is 2.17. The number of carbonyl (C=O) groups excluding carboxylic acids is 1.